The molecule has 0 aliphatic heterocycles. The second-order valence-electron chi connectivity index (χ2n) is 4.78. The molecule has 0 spiro atoms. The fraction of sp³-hybridized carbons (Fsp3) is 0.353. The van der Waals surface area contributed by atoms with E-state index in [0.29, 0.717) is 19.8 Å². The van der Waals surface area contributed by atoms with E-state index in [0.717, 1.165) is 29.9 Å². The molecule has 1 heterocycles. The highest BCUT2D eigenvalue weighted by Gasteiger charge is 2.05. The Morgan fingerprint density at radius 2 is 1.86 bits per heavy atom. The number of benzene rings is 1. The van der Waals surface area contributed by atoms with Gasteiger partial charge >= 0.3 is 0 Å². The Bertz CT molecular complexity index is 544. The van der Waals surface area contributed by atoms with Gasteiger partial charge in [-0.25, -0.2) is 0 Å². The molecular weight excluding hydrogens is 264 g/mol. The molecule has 2 rings (SSSR count). The summed E-state index contributed by atoms with van der Waals surface area (Å²) in [5.74, 6) is 1.63. The van der Waals surface area contributed by atoms with Crippen molar-refractivity contribution in [1.29, 1.82) is 0 Å². The molecule has 0 unspecified atom stereocenters. The van der Waals surface area contributed by atoms with Gasteiger partial charge in [0.15, 0.2) is 0 Å². The minimum absolute atomic E-state index is 0.457. The Kier molecular flexibility index (Phi) is 6.03. The molecule has 0 radical (unpaired) electrons. The Labute approximate surface area is 125 Å². The lowest BCUT2D eigenvalue weighted by Gasteiger charge is -2.13. The van der Waals surface area contributed by atoms with Gasteiger partial charge in [0.25, 0.3) is 0 Å². The summed E-state index contributed by atoms with van der Waals surface area (Å²) in [4.78, 5) is 4.01. The molecule has 0 fully saturated rings. The summed E-state index contributed by atoms with van der Waals surface area (Å²) in [5.41, 5.74) is 7.95. The van der Waals surface area contributed by atoms with E-state index in [1.807, 2.05) is 30.3 Å². The van der Waals surface area contributed by atoms with E-state index in [4.69, 9.17) is 15.2 Å². The van der Waals surface area contributed by atoms with Gasteiger partial charge in [0, 0.05) is 37.0 Å². The van der Waals surface area contributed by atoms with Crippen LogP contribution < -0.4 is 15.2 Å². The Morgan fingerprint density at radius 3 is 2.57 bits per heavy atom. The first-order valence-corrected chi connectivity index (χ1v) is 7.31. The maximum absolute atomic E-state index is 5.87. The van der Waals surface area contributed by atoms with Crippen LogP contribution in [0.4, 0.5) is 0 Å². The van der Waals surface area contributed by atoms with Crippen LogP contribution in [0.15, 0.2) is 42.7 Å². The highest BCUT2D eigenvalue weighted by atomic mass is 16.5. The Hall–Kier alpha value is -2.07. The van der Waals surface area contributed by atoms with E-state index in [1.54, 1.807) is 12.4 Å². The van der Waals surface area contributed by atoms with Crippen LogP contribution in [0.5, 0.6) is 11.5 Å². The van der Waals surface area contributed by atoms with Crippen LogP contribution in [-0.2, 0) is 13.0 Å². The van der Waals surface area contributed by atoms with Crippen molar-refractivity contribution in [2.24, 2.45) is 5.73 Å². The van der Waals surface area contributed by atoms with Crippen molar-refractivity contribution in [1.82, 2.24) is 4.98 Å². The summed E-state index contributed by atoms with van der Waals surface area (Å²) in [7, 11) is 0. The van der Waals surface area contributed by atoms with Gasteiger partial charge in [0.05, 0.1) is 13.2 Å². The minimum atomic E-state index is 0.457. The summed E-state index contributed by atoms with van der Waals surface area (Å²) in [6, 6.07) is 9.81. The molecule has 112 valence electrons. The summed E-state index contributed by atoms with van der Waals surface area (Å²) in [6.45, 7) is 3.85. The molecule has 4 nitrogen and oxygen atoms in total. The zero-order chi connectivity index (χ0) is 14.9. The number of hydrogen-bond donors (Lipinski definition) is 1. The highest BCUT2D eigenvalue weighted by molar-refractivity contribution is 5.40. The zero-order valence-electron chi connectivity index (χ0n) is 12.4. The van der Waals surface area contributed by atoms with Crippen molar-refractivity contribution in [2.45, 2.75) is 26.3 Å². The van der Waals surface area contributed by atoms with Crippen molar-refractivity contribution in [3.63, 3.8) is 0 Å². The van der Waals surface area contributed by atoms with E-state index < -0.39 is 0 Å². The second-order valence-corrected chi connectivity index (χ2v) is 4.78. The van der Waals surface area contributed by atoms with Gasteiger partial charge in [-0.05, 0) is 30.2 Å². The number of pyridine rings is 1. The molecule has 0 amide bonds. The molecule has 0 saturated heterocycles. The van der Waals surface area contributed by atoms with Crippen LogP contribution in [0.25, 0.3) is 0 Å². The molecule has 0 saturated carbocycles. The first kappa shape index (κ1) is 15.3. The van der Waals surface area contributed by atoms with Gasteiger partial charge in [-0.15, -0.1) is 0 Å². The van der Waals surface area contributed by atoms with Gasteiger partial charge in [0.2, 0.25) is 0 Å². The summed E-state index contributed by atoms with van der Waals surface area (Å²) in [6.07, 6.45) is 5.41. The van der Waals surface area contributed by atoms with Gasteiger partial charge in [-0.1, -0.05) is 13.0 Å². The lowest BCUT2D eigenvalue weighted by atomic mass is 10.2. The van der Waals surface area contributed by atoms with Crippen LogP contribution in [-0.4, -0.2) is 18.2 Å². The number of aromatic nitrogens is 1. The number of rotatable bonds is 8. The first-order valence-electron chi connectivity index (χ1n) is 7.31. The zero-order valence-corrected chi connectivity index (χ0v) is 12.4. The third-order valence-corrected chi connectivity index (χ3v) is 3.13. The van der Waals surface area contributed by atoms with Crippen LogP contribution in [0, 0.1) is 0 Å². The number of hydrogen-bond acceptors (Lipinski definition) is 4. The second kappa shape index (κ2) is 8.27. The average molecular weight is 286 g/mol. The van der Waals surface area contributed by atoms with Crippen LogP contribution in [0.1, 0.15) is 24.5 Å². The fourth-order valence-corrected chi connectivity index (χ4v) is 1.98. The van der Waals surface area contributed by atoms with E-state index in [9.17, 15) is 0 Å². The Morgan fingerprint density at radius 1 is 1.05 bits per heavy atom. The molecule has 2 N–H and O–H groups in total. The molecule has 2 aromatic rings. The quantitative estimate of drug-likeness (QED) is 0.810. The molecule has 21 heavy (non-hydrogen) atoms. The van der Waals surface area contributed by atoms with Gasteiger partial charge in [-0.3, -0.25) is 4.98 Å². The SMILES string of the molecule is CCCOc1ccc(CN)c(OCCc2ccncc2)c1. The smallest absolute Gasteiger partial charge is 0.127 e. The van der Waals surface area contributed by atoms with Crippen molar-refractivity contribution in [3.05, 3.63) is 53.9 Å². The molecular formula is C17H22N2O2. The lowest BCUT2D eigenvalue weighted by Crippen LogP contribution is -2.06. The Balaban J connectivity index is 1.96. The molecule has 0 bridgehead atoms. The summed E-state index contributed by atoms with van der Waals surface area (Å²) < 4.78 is 11.5. The van der Waals surface area contributed by atoms with E-state index in [1.165, 1.54) is 5.56 Å². The van der Waals surface area contributed by atoms with Gasteiger partial charge in [-0.2, -0.15) is 0 Å². The normalized spacial score (nSPS) is 10.4. The van der Waals surface area contributed by atoms with Crippen LogP contribution >= 0.6 is 0 Å². The lowest BCUT2D eigenvalue weighted by molar-refractivity contribution is 0.301. The molecule has 4 heteroatoms. The highest BCUT2D eigenvalue weighted by Crippen LogP contribution is 2.25. The standard InChI is InChI=1S/C17H22N2O2/c1-2-10-20-16-4-3-15(13-18)17(12-16)21-11-7-14-5-8-19-9-6-14/h3-6,8-9,12H,2,7,10-11,13,18H2,1H3. The maximum atomic E-state index is 5.87. The van der Waals surface area contributed by atoms with E-state index >= 15 is 0 Å². The van der Waals surface area contributed by atoms with Crippen molar-refractivity contribution < 1.29 is 9.47 Å². The third kappa shape index (κ3) is 4.76. The summed E-state index contributed by atoms with van der Waals surface area (Å²) in [5, 5.41) is 0. The summed E-state index contributed by atoms with van der Waals surface area (Å²) >= 11 is 0. The van der Waals surface area contributed by atoms with E-state index in [2.05, 4.69) is 11.9 Å². The van der Waals surface area contributed by atoms with Crippen LogP contribution in [0.3, 0.4) is 0 Å². The fourth-order valence-electron chi connectivity index (χ4n) is 1.98. The van der Waals surface area contributed by atoms with E-state index in [-0.39, 0.29) is 0 Å². The van der Waals surface area contributed by atoms with Crippen LogP contribution in [0.2, 0.25) is 0 Å². The average Bonchev–Trinajstić information content (AvgIpc) is 2.54. The molecule has 0 aliphatic carbocycles. The topological polar surface area (TPSA) is 57.4 Å². The minimum Gasteiger partial charge on any atom is -0.493 e. The molecule has 0 aliphatic rings. The number of nitrogens with zero attached hydrogens (tertiary/aromatic N) is 1. The largest absolute Gasteiger partial charge is 0.493 e. The predicted molar refractivity (Wildman–Crippen MR) is 83.6 cm³/mol. The van der Waals surface area contributed by atoms with Crippen molar-refractivity contribution in [3.8, 4) is 11.5 Å². The number of nitrogens with two attached hydrogens (primary N) is 1. The monoisotopic (exact) mass is 286 g/mol. The third-order valence-electron chi connectivity index (χ3n) is 3.13. The van der Waals surface area contributed by atoms with Gasteiger partial charge < -0.3 is 15.2 Å². The van der Waals surface area contributed by atoms with Crippen molar-refractivity contribution >= 4 is 0 Å². The number of ether oxygens (including phenoxy) is 2. The maximum Gasteiger partial charge on any atom is 0.127 e. The molecule has 0 atom stereocenters. The first-order chi connectivity index (χ1) is 10.3. The van der Waals surface area contributed by atoms with Crippen molar-refractivity contribution in [2.75, 3.05) is 13.2 Å². The molecule has 1 aromatic carbocycles. The van der Waals surface area contributed by atoms with Gasteiger partial charge in [0.1, 0.15) is 11.5 Å². The molecule has 1 aromatic heterocycles. The predicted octanol–water partition coefficient (Wildman–Crippen LogP) is 2.95.